The third-order valence-corrected chi connectivity index (χ3v) is 8.09. The smallest absolute Gasteiger partial charge is 0.233 e. The Balaban J connectivity index is 1.07. The first kappa shape index (κ1) is 22.5. The normalized spacial score (nSPS) is 25.8. The number of aromatic nitrogens is 1. The number of likely N-dealkylation sites (tertiary alicyclic amines) is 2. The van der Waals surface area contributed by atoms with Gasteiger partial charge in [0.15, 0.2) is 0 Å². The van der Waals surface area contributed by atoms with E-state index in [4.69, 9.17) is 4.74 Å². The average molecular weight is 452 g/mol. The average Bonchev–Trinajstić information content (AvgIpc) is 3.49. The second-order valence-corrected chi connectivity index (χ2v) is 10.2. The fourth-order valence-corrected chi connectivity index (χ4v) is 6.10. The summed E-state index contributed by atoms with van der Waals surface area (Å²) in [7, 11) is 2.23. The number of nitrogens with one attached hydrogen (secondary N) is 1. The van der Waals surface area contributed by atoms with Crippen molar-refractivity contribution >= 4 is 22.7 Å². The van der Waals surface area contributed by atoms with E-state index in [1.165, 1.54) is 35.9 Å². The van der Waals surface area contributed by atoms with Gasteiger partial charge in [-0.15, -0.1) is 0 Å². The van der Waals surface area contributed by atoms with E-state index in [0.29, 0.717) is 19.2 Å². The molecule has 3 fully saturated rings. The highest BCUT2D eigenvalue weighted by Crippen LogP contribution is 2.38. The molecule has 0 bridgehead atoms. The van der Waals surface area contributed by atoms with Gasteiger partial charge >= 0.3 is 0 Å². The summed E-state index contributed by atoms with van der Waals surface area (Å²) >= 11 is 0. The van der Waals surface area contributed by atoms with Gasteiger partial charge in [-0.3, -0.25) is 14.5 Å². The molecule has 3 atom stereocenters. The highest BCUT2D eigenvalue weighted by Gasteiger charge is 2.47. The van der Waals surface area contributed by atoms with Crippen LogP contribution in [-0.4, -0.2) is 59.4 Å². The van der Waals surface area contributed by atoms with Crippen molar-refractivity contribution < 1.29 is 14.3 Å². The van der Waals surface area contributed by atoms with Gasteiger partial charge in [0.1, 0.15) is 5.75 Å². The van der Waals surface area contributed by atoms with Gasteiger partial charge < -0.3 is 14.6 Å². The fourth-order valence-electron chi connectivity index (χ4n) is 6.10. The van der Waals surface area contributed by atoms with Gasteiger partial charge in [0.05, 0.1) is 18.4 Å². The largest absolute Gasteiger partial charge is 0.494 e. The molecule has 1 N–H and O–H groups in total. The lowest BCUT2D eigenvalue weighted by Crippen LogP contribution is -2.32. The van der Waals surface area contributed by atoms with Crippen molar-refractivity contribution in [2.75, 3.05) is 26.7 Å². The fraction of sp³-hybridized carbons (Fsp3) is 0.630. The van der Waals surface area contributed by atoms with Gasteiger partial charge in [0.25, 0.3) is 0 Å². The van der Waals surface area contributed by atoms with E-state index in [2.05, 4.69) is 35.3 Å². The molecule has 2 aromatic rings. The number of carbonyl (C=O) groups excluding carboxylic acids is 2. The molecule has 1 aromatic heterocycles. The highest BCUT2D eigenvalue weighted by molar-refractivity contribution is 6.05. The minimum absolute atomic E-state index is 0.0307. The van der Waals surface area contributed by atoms with Gasteiger partial charge in [0, 0.05) is 29.7 Å². The number of aromatic amines is 1. The number of carbonyl (C=O) groups is 2. The van der Waals surface area contributed by atoms with E-state index in [0.717, 1.165) is 57.1 Å². The van der Waals surface area contributed by atoms with E-state index < -0.39 is 0 Å². The van der Waals surface area contributed by atoms with E-state index in [-0.39, 0.29) is 23.7 Å². The number of benzene rings is 1. The topological polar surface area (TPSA) is 65.6 Å². The first-order chi connectivity index (χ1) is 16.1. The third kappa shape index (κ3) is 4.68. The van der Waals surface area contributed by atoms with Crippen LogP contribution in [0.15, 0.2) is 24.4 Å². The maximum Gasteiger partial charge on any atom is 0.233 e. The summed E-state index contributed by atoms with van der Waals surface area (Å²) in [4.78, 5) is 32.6. The predicted octanol–water partition coefficient (Wildman–Crippen LogP) is 4.53. The van der Waals surface area contributed by atoms with Crippen LogP contribution >= 0.6 is 0 Å². The molecule has 6 heteroatoms. The van der Waals surface area contributed by atoms with Gasteiger partial charge in [-0.25, -0.2) is 0 Å². The number of fused-ring (bicyclic) bond motifs is 2. The summed E-state index contributed by atoms with van der Waals surface area (Å²) in [6, 6.07) is 6.94. The molecule has 0 radical (unpaired) electrons. The van der Waals surface area contributed by atoms with Crippen molar-refractivity contribution in [3.8, 4) is 5.75 Å². The summed E-state index contributed by atoms with van der Waals surface area (Å²) in [5.41, 5.74) is 2.54. The zero-order valence-corrected chi connectivity index (χ0v) is 19.9. The van der Waals surface area contributed by atoms with Crippen LogP contribution in [0.25, 0.3) is 10.9 Å². The Bertz CT molecular complexity index is 976. The number of hydrogen-bond acceptors (Lipinski definition) is 4. The number of H-pyrrole nitrogens is 1. The lowest BCUT2D eigenvalue weighted by Gasteiger charge is -2.19. The van der Waals surface area contributed by atoms with Gasteiger partial charge in [-0.2, -0.15) is 0 Å². The Morgan fingerprint density at radius 1 is 1.00 bits per heavy atom. The zero-order chi connectivity index (χ0) is 22.8. The maximum atomic E-state index is 12.6. The molecule has 1 aromatic carbocycles. The molecule has 2 amide bonds. The molecular formula is C27H37N3O3. The van der Waals surface area contributed by atoms with Crippen molar-refractivity contribution in [2.45, 2.75) is 70.3 Å². The second-order valence-electron chi connectivity index (χ2n) is 10.2. The number of rotatable bonds is 9. The lowest BCUT2D eigenvalue weighted by atomic mass is 9.81. The van der Waals surface area contributed by atoms with Gasteiger partial charge in [0.2, 0.25) is 11.8 Å². The standard InChI is InChI=1S/C27H37N3O3/c1-29-13-7-8-20(29)16-19-18-28-25-12-11-21(17-24(19)25)33-15-6-2-5-14-30-26(31)22-9-3-4-10-23(22)27(30)32/h11-12,17-18,20,22-23,28H,2-10,13-16H2,1H3/t20-,22+,23?/m1/s1. The SMILES string of the molecule is CN1CCC[C@@H]1Cc1c[nH]c2ccc(OCCCCCN3C(=O)C4CCCC[C@@H]4C3=O)cc12. The molecule has 1 saturated carbocycles. The summed E-state index contributed by atoms with van der Waals surface area (Å²) < 4.78 is 6.05. The molecule has 6 nitrogen and oxygen atoms in total. The Morgan fingerprint density at radius 2 is 1.79 bits per heavy atom. The molecule has 0 spiro atoms. The minimum atomic E-state index is -0.0307. The number of imide groups is 1. The van der Waals surface area contributed by atoms with Crippen molar-refractivity contribution in [1.82, 2.24) is 14.8 Å². The molecule has 2 aliphatic heterocycles. The maximum absolute atomic E-state index is 12.6. The van der Waals surface area contributed by atoms with Crippen LogP contribution in [0.5, 0.6) is 5.75 Å². The van der Waals surface area contributed by atoms with E-state index in [1.807, 2.05) is 6.07 Å². The monoisotopic (exact) mass is 451 g/mol. The molecule has 5 rings (SSSR count). The first-order valence-electron chi connectivity index (χ1n) is 12.9. The van der Waals surface area contributed by atoms with E-state index in [9.17, 15) is 9.59 Å². The molecular weight excluding hydrogens is 414 g/mol. The van der Waals surface area contributed by atoms with Crippen molar-refractivity contribution in [2.24, 2.45) is 11.8 Å². The van der Waals surface area contributed by atoms with Gasteiger partial charge in [-0.1, -0.05) is 12.8 Å². The number of unbranched alkanes of at least 4 members (excludes halogenated alkanes) is 2. The molecule has 2 saturated heterocycles. The van der Waals surface area contributed by atoms with E-state index in [1.54, 1.807) is 4.90 Å². The number of hydrogen-bond donors (Lipinski definition) is 1. The summed E-state index contributed by atoms with van der Waals surface area (Å²) in [5.74, 6) is 1.02. The molecule has 33 heavy (non-hydrogen) atoms. The number of nitrogens with zero attached hydrogens (tertiary/aromatic N) is 2. The van der Waals surface area contributed by atoms with Crippen molar-refractivity contribution in [3.63, 3.8) is 0 Å². The van der Waals surface area contributed by atoms with Crippen LogP contribution in [0.4, 0.5) is 0 Å². The molecule has 1 aliphatic carbocycles. The van der Waals surface area contributed by atoms with Crippen LogP contribution in [0.3, 0.4) is 0 Å². The summed E-state index contributed by atoms with van der Waals surface area (Å²) in [5, 5.41) is 1.26. The molecule has 3 heterocycles. The quantitative estimate of drug-likeness (QED) is 0.449. The summed E-state index contributed by atoms with van der Waals surface area (Å²) in [6.07, 6.45) is 12.5. The third-order valence-electron chi connectivity index (χ3n) is 8.09. The lowest BCUT2D eigenvalue weighted by molar-refractivity contribution is -0.139. The van der Waals surface area contributed by atoms with Crippen LogP contribution in [-0.2, 0) is 16.0 Å². The van der Waals surface area contributed by atoms with Gasteiger partial charge in [-0.05, 0) is 88.7 Å². The predicted molar refractivity (Wildman–Crippen MR) is 129 cm³/mol. The number of amides is 2. The summed E-state index contributed by atoms with van der Waals surface area (Å²) in [6.45, 7) is 2.42. The second kappa shape index (κ2) is 9.88. The molecule has 1 unspecified atom stereocenters. The number of likely N-dealkylation sites (N-methyl/N-ethyl adjacent to an activating group) is 1. The Morgan fingerprint density at radius 3 is 2.52 bits per heavy atom. The molecule has 3 aliphatic rings. The number of ether oxygens (including phenoxy) is 1. The minimum Gasteiger partial charge on any atom is -0.494 e. The van der Waals surface area contributed by atoms with Crippen molar-refractivity contribution in [1.29, 1.82) is 0 Å². The Labute approximate surface area is 196 Å². The van der Waals surface area contributed by atoms with Crippen LogP contribution in [0.1, 0.15) is 63.4 Å². The van der Waals surface area contributed by atoms with E-state index >= 15 is 0 Å². The Hall–Kier alpha value is -2.34. The Kier molecular flexibility index (Phi) is 6.72. The van der Waals surface area contributed by atoms with Crippen molar-refractivity contribution in [3.05, 3.63) is 30.0 Å². The van der Waals surface area contributed by atoms with Crippen LogP contribution < -0.4 is 4.74 Å². The molecule has 178 valence electrons. The highest BCUT2D eigenvalue weighted by atomic mass is 16.5. The first-order valence-corrected chi connectivity index (χ1v) is 12.9. The van der Waals surface area contributed by atoms with Crippen LogP contribution in [0.2, 0.25) is 0 Å². The zero-order valence-electron chi connectivity index (χ0n) is 19.9. The van der Waals surface area contributed by atoms with Crippen LogP contribution in [0, 0.1) is 11.8 Å².